The first-order valence-corrected chi connectivity index (χ1v) is 7.52. The number of ketones is 1. The molecule has 2 aromatic carbocycles. The van der Waals surface area contributed by atoms with Crippen molar-refractivity contribution in [1.29, 1.82) is 0 Å². The zero-order chi connectivity index (χ0) is 17.8. The lowest BCUT2D eigenvalue weighted by Gasteiger charge is -2.18. The van der Waals surface area contributed by atoms with Gasteiger partial charge in [-0.3, -0.25) is 4.79 Å². The van der Waals surface area contributed by atoms with E-state index >= 15 is 0 Å². The van der Waals surface area contributed by atoms with Crippen LogP contribution in [0.4, 0.5) is 4.39 Å². The van der Waals surface area contributed by atoms with Crippen molar-refractivity contribution in [3.8, 4) is 17.2 Å². The molecule has 0 saturated heterocycles. The Balaban J connectivity index is 1.64. The average molecular weight is 346 g/mol. The highest BCUT2D eigenvalue weighted by Crippen LogP contribution is 2.30. The van der Waals surface area contributed by atoms with Crippen molar-refractivity contribution >= 4 is 11.8 Å². The van der Waals surface area contributed by atoms with Crippen molar-refractivity contribution < 1.29 is 32.9 Å². The van der Waals surface area contributed by atoms with E-state index in [2.05, 4.69) is 0 Å². The van der Waals surface area contributed by atoms with E-state index in [1.165, 1.54) is 31.4 Å². The minimum absolute atomic E-state index is 0.0322. The van der Waals surface area contributed by atoms with Crippen LogP contribution in [0.3, 0.4) is 0 Å². The molecule has 1 aliphatic heterocycles. The van der Waals surface area contributed by atoms with Crippen molar-refractivity contribution in [2.75, 3.05) is 26.9 Å². The lowest BCUT2D eigenvalue weighted by Crippen LogP contribution is -2.17. The second-order valence-electron chi connectivity index (χ2n) is 5.21. The highest BCUT2D eigenvalue weighted by atomic mass is 19.1. The molecule has 0 atom stereocenters. The van der Waals surface area contributed by atoms with Gasteiger partial charge in [-0.25, -0.2) is 9.18 Å². The first-order chi connectivity index (χ1) is 12.1. The zero-order valence-electron chi connectivity index (χ0n) is 13.4. The van der Waals surface area contributed by atoms with Crippen LogP contribution in [-0.4, -0.2) is 38.7 Å². The number of ether oxygens (including phenoxy) is 4. The standard InChI is InChI=1S/C18H15FO6/c1-22-15-4-2-11(8-13(15)19)14(20)10-25-18(21)12-3-5-16-17(9-12)24-7-6-23-16/h2-5,8-9H,6-7,10H2,1H3. The van der Waals surface area contributed by atoms with E-state index in [0.717, 1.165) is 6.07 Å². The molecular weight excluding hydrogens is 331 g/mol. The highest BCUT2D eigenvalue weighted by molar-refractivity contribution is 5.99. The van der Waals surface area contributed by atoms with E-state index in [0.29, 0.717) is 24.7 Å². The molecule has 0 radical (unpaired) electrons. The van der Waals surface area contributed by atoms with Gasteiger partial charge in [0.25, 0.3) is 0 Å². The van der Waals surface area contributed by atoms with E-state index in [9.17, 15) is 14.0 Å². The molecule has 130 valence electrons. The fourth-order valence-electron chi connectivity index (χ4n) is 2.31. The molecule has 2 aromatic rings. The van der Waals surface area contributed by atoms with E-state index in [4.69, 9.17) is 18.9 Å². The first kappa shape index (κ1) is 16.8. The van der Waals surface area contributed by atoms with Gasteiger partial charge in [-0.05, 0) is 36.4 Å². The molecule has 0 fully saturated rings. The Labute approximate surface area is 143 Å². The lowest BCUT2D eigenvalue weighted by molar-refractivity contribution is 0.0474. The van der Waals surface area contributed by atoms with Gasteiger partial charge in [0.05, 0.1) is 12.7 Å². The molecule has 0 saturated carbocycles. The van der Waals surface area contributed by atoms with Crippen molar-refractivity contribution in [2.24, 2.45) is 0 Å². The van der Waals surface area contributed by atoms with Crippen molar-refractivity contribution in [2.45, 2.75) is 0 Å². The van der Waals surface area contributed by atoms with Gasteiger partial charge in [0, 0.05) is 5.56 Å². The number of Topliss-reactive ketones (excluding diaryl/α,β-unsaturated/α-hetero) is 1. The average Bonchev–Trinajstić information content (AvgIpc) is 2.65. The monoisotopic (exact) mass is 346 g/mol. The summed E-state index contributed by atoms with van der Waals surface area (Å²) in [5, 5.41) is 0. The maximum absolute atomic E-state index is 13.6. The molecule has 0 bridgehead atoms. The van der Waals surface area contributed by atoms with Gasteiger partial charge in [-0.2, -0.15) is 0 Å². The molecule has 7 heteroatoms. The third-order valence-corrected chi connectivity index (χ3v) is 3.59. The summed E-state index contributed by atoms with van der Waals surface area (Å²) in [4.78, 5) is 24.1. The number of carbonyl (C=O) groups is 2. The van der Waals surface area contributed by atoms with E-state index in [1.807, 2.05) is 0 Å². The summed E-state index contributed by atoms with van der Waals surface area (Å²) in [6.45, 7) is 0.343. The summed E-state index contributed by atoms with van der Waals surface area (Å²) >= 11 is 0. The predicted molar refractivity (Wildman–Crippen MR) is 85.0 cm³/mol. The fourth-order valence-corrected chi connectivity index (χ4v) is 2.31. The molecule has 1 aliphatic rings. The summed E-state index contributed by atoms with van der Waals surface area (Å²) in [6, 6.07) is 8.40. The first-order valence-electron chi connectivity index (χ1n) is 7.52. The second kappa shape index (κ2) is 7.21. The van der Waals surface area contributed by atoms with Crippen LogP contribution in [0.25, 0.3) is 0 Å². The van der Waals surface area contributed by atoms with E-state index in [1.54, 1.807) is 6.07 Å². The number of hydrogen-bond acceptors (Lipinski definition) is 6. The van der Waals surface area contributed by atoms with E-state index in [-0.39, 0.29) is 16.9 Å². The summed E-state index contributed by atoms with van der Waals surface area (Å²) in [5.74, 6) is -0.833. The van der Waals surface area contributed by atoms with Crippen molar-refractivity contribution in [3.63, 3.8) is 0 Å². The maximum atomic E-state index is 13.6. The molecule has 6 nitrogen and oxygen atoms in total. The molecule has 1 heterocycles. The number of fused-ring (bicyclic) bond motifs is 1. The number of rotatable bonds is 5. The Hall–Kier alpha value is -3.09. The zero-order valence-corrected chi connectivity index (χ0v) is 13.4. The number of benzene rings is 2. The Morgan fingerprint density at radius 1 is 1.04 bits per heavy atom. The van der Waals surface area contributed by atoms with Crippen LogP contribution in [0.1, 0.15) is 20.7 Å². The topological polar surface area (TPSA) is 71.1 Å². The molecule has 0 unspecified atom stereocenters. The number of methoxy groups -OCH3 is 1. The fraction of sp³-hybridized carbons (Fsp3) is 0.222. The van der Waals surface area contributed by atoms with Crippen LogP contribution >= 0.6 is 0 Å². The third-order valence-electron chi connectivity index (χ3n) is 3.59. The number of carbonyl (C=O) groups excluding carboxylic acids is 2. The molecule has 25 heavy (non-hydrogen) atoms. The smallest absolute Gasteiger partial charge is 0.338 e. The van der Waals surface area contributed by atoms with Crippen LogP contribution in [0.15, 0.2) is 36.4 Å². The SMILES string of the molecule is COc1ccc(C(=O)COC(=O)c2ccc3c(c2)OCCO3)cc1F. The Morgan fingerprint density at radius 3 is 2.48 bits per heavy atom. The summed E-state index contributed by atoms with van der Waals surface area (Å²) in [5.41, 5.74) is 0.325. The molecule has 0 spiro atoms. The molecular formula is C18H15FO6. The van der Waals surface area contributed by atoms with Crippen molar-refractivity contribution in [1.82, 2.24) is 0 Å². The van der Waals surface area contributed by atoms with Gasteiger partial charge in [-0.15, -0.1) is 0 Å². The second-order valence-corrected chi connectivity index (χ2v) is 5.21. The largest absolute Gasteiger partial charge is 0.494 e. The quantitative estimate of drug-likeness (QED) is 0.612. The lowest BCUT2D eigenvalue weighted by atomic mass is 10.1. The molecule has 0 aromatic heterocycles. The summed E-state index contributed by atoms with van der Waals surface area (Å²) in [7, 11) is 1.33. The van der Waals surface area contributed by atoms with Crippen LogP contribution in [0.2, 0.25) is 0 Å². The number of halogens is 1. The van der Waals surface area contributed by atoms with Gasteiger partial charge in [0.1, 0.15) is 13.2 Å². The molecule has 3 rings (SSSR count). The normalized spacial score (nSPS) is 12.4. The number of esters is 1. The molecule has 0 aliphatic carbocycles. The van der Waals surface area contributed by atoms with E-state index < -0.39 is 24.2 Å². The van der Waals surface area contributed by atoms with Crippen LogP contribution < -0.4 is 14.2 Å². The van der Waals surface area contributed by atoms with Gasteiger partial charge in [0.2, 0.25) is 0 Å². The minimum Gasteiger partial charge on any atom is -0.494 e. The molecule has 0 N–H and O–H groups in total. The highest BCUT2D eigenvalue weighted by Gasteiger charge is 2.17. The molecule has 0 amide bonds. The predicted octanol–water partition coefficient (Wildman–Crippen LogP) is 2.65. The van der Waals surface area contributed by atoms with Crippen molar-refractivity contribution in [3.05, 3.63) is 53.3 Å². The summed E-state index contributed by atoms with van der Waals surface area (Å²) in [6.07, 6.45) is 0. The maximum Gasteiger partial charge on any atom is 0.338 e. The number of hydrogen-bond donors (Lipinski definition) is 0. The van der Waals surface area contributed by atoms with Crippen LogP contribution in [0, 0.1) is 5.82 Å². The Bertz CT molecular complexity index is 817. The minimum atomic E-state index is -0.681. The Kier molecular flexibility index (Phi) is 4.83. The summed E-state index contributed by atoms with van der Waals surface area (Å²) < 4.78 is 34.2. The van der Waals surface area contributed by atoms with Gasteiger partial charge in [-0.1, -0.05) is 0 Å². The van der Waals surface area contributed by atoms with Gasteiger partial charge >= 0.3 is 5.97 Å². The van der Waals surface area contributed by atoms with Crippen LogP contribution in [0.5, 0.6) is 17.2 Å². The Morgan fingerprint density at radius 2 is 1.76 bits per heavy atom. The van der Waals surface area contributed by atoms with Gasteiger partial charge in [0.15, 0.2) is 35.5 Å². The van der Waals surface area contributed by atoms with Gasteiger partial charge < -0.3 is 18.9 Å². The third kappa shape index (κ3) is 3.71. The van der Waals surface area contributed by atoms with Crippen LogP contribution in [-0.2, 0) is 4.74 Å².